The molecule has 0 spiro atoms. The Morgan fingerprint density at radius 1 is 1.10 bits per heavy atom. The summed E-state index contributed by atoms with van der Waals surface area (Å²) >= 11 is 6.03. The van der Waals surface area contributed by atoms with Gasteiger partial charge in [-0.25, -0.2) is 4.79 Å². The summed E-state index contributed by atoms with van der Waals surface area (Å²) < 4.78 is 11.2. The lowest BCUT2D eigenvalue weighted by molar-refractivity contribution is -0.155. The highest BCUT2D eigenvalue weighted by Crippen LogP contribution is 2.24. The van der Waals surface area contributed by atoms with Crippen molar-refractivity contribution in [1.82, 2.24) is 0 Å². The normalized spacial score (nSPS) is 13.2. The summed E-state index contributed by atoms with van der Waals surface area (Å²) in [5.41, 5.74) is 1.16. The van der Waals surface area contributed by atoms with Crippen LogP contribution in [-0.2, 0) is 16.1 Å². The predicted octanol–water partition coefficient (Wildman–Crippen LogP) is 6.66. The lowest BCUT2D eigenvalue weighted by atomic mass is 9.99. The van der Waals surface area contributed by atoms with Crippen LogP contribution in [0.15, 0.2) is 60.7 Å². The maximum absolute atomic E-state index is 12.1. The van der Waals surface area contributed by atoms with E-state index < -0.39 is 12.1 Å². The van der Waals surface area contributed by atoms with E-state index in [1.54, 1.807) is 24.3 Å². The number of esters is 1. The van der Waals surface area contributed by atoms with Gasteiger partial charge in [-0.2, -0.15) is 0 Å². The zero-order valence-corrected chi connectivity index (χ0v) is 19.2. The summed E-state index contributed by atoms with van der Waals surface area (Å²) in [4.78, 5) is 12.1. The van der Waals surface area contributed by atoms with Crippen molar-refractivity contribution in [1.29, 1.82) is 0 Å². The molecule has 0 heterocycles. The van der Waals surface area contributed by atoms with Crippen LogP contribution in [0, 0.1) is 5.92 Å². The molecule has 0 bridgehead atoms. The number of ether oxygens (including phenoxy) is 2. The van der Waals surface area contributed by atoms with E-state index >= 15 is 0 Å². The van der Waals surface area contributed by atoms with Crippen LogP contribution in [0.4, 0.5) is 0 Å². The number of carbonyl (C=O) groups is 1. The molecule has 0 saturated carbocycles. The lowest BCUT2D eigenvalue weighted by Crippen LogP contribution is -2.15. The Hall–Kier alpha value is -2.30. The van der Waals surface area contributed by atoms with Gasteiger partial charge < -0.3 is 14.6 Å². The highest BCUT2D eigenvalue weighted by atomic mass is 35.5. The van der Waals surface area contributed by atoms with Crippen molar-refractivity contribution in [2.75, 3.05) is 6.61 Å². The molecule has 0 aliphatic rings. The molecule has 0 aliphatic heterocycles. The van der Waals surface area contributed by atoms with Gasteiger partial charge in [0.15, 0.2) is 6.10 Å². The first kappa shape index (κ1) is 25.0. The molecule has 5 heteroatoms. The van der Waals surface area contributed by atoms with Crippen molar-refractivity contribution in [2.45, 2.75) is 58.7 Å². The monoisotopic (exact) mass is 444 g/mol. The number of unbranched alkanes of at least 4 members (excludes halogenated alkanes) is 1. The zero-order valence-electron chi connectivity index (χ0n) is 18.4. The molecule has 0 aliphatic carbocycles. The molecule has 2 rings (SSSR count). The smallest absolute Gasteiger partial charge is 0.340 e. The molecule has 0 aromatic heterocycles. The summed E-state index contributed by atoms with van der Waals surface area (Å²) in [5, 5.41) is 10.5. The largest absolute Gasteiger partial charge is 0.493 e. The van der Waals surface area contributed by atoms with Crippen LogP contribution in [0.2, 0.25) is 5.02 Å². The van der Waals surface area contributed by atoms with E-state index in [1.807, 2.05) is 24.3 Å². The maximum Gasteiger partial charge on any atom is 0.340 e. The molecular weight excluding hydrogens is 412 g/mol. The molecule has 2 unspecified atom stereocenters. The average Bonchev–Trinajstić information content (AvgIpc) is 2.79. The van der Waals surface area contributed by atoms with Gasteiger partial charge in [-0.15, -0.1) is 0 Å². The van der Waals surface area contributed by atoms with E-state index in [0.29, 0.717) is 23.1 Å². The Balaban J connectivity index is 1.83. The van der Waals surface area contributed by atoms with Gasteiger partial charge in [-0.3, -0.25) is 0 Å². The summed E-state index contributed by atoms with van der Waals surface area (Å²) in [6.07, 6.45) is 8.70. The average molecular weight is 445 g/mol. The SMILES string of the molecule is CC/C=C\CC(CCCC)COc1ccc(COC(=O)C(O)c2ccccc2Cl)cc1. The van der Waals surface area contributed by atoms with Crippen molar-refractivity contribution >= 4 is 17.6 Å². The molecule has 0 fully saturated rings. The minimum Gasteiger partial charge on any atom is -0.493 e. The molecule has 31 heavy (non-hydrogen) atoms. The Morgan fingerprint density at radius 3 is 2.52 bits per heavy atom. The van der Waals surface area contributed by atoms with Crippen LogP contribution in [0.25, 0.3) is 0 Å². The number of halogens is 1. The first-order chi connectivity index (χ1) is 15.0. The van der Waals surface area contributed by atoms with E-state index in [0.717, 1.165) is 30.6 Å². The highest BCUT2D eigenvalue weighted by molar-refractivity contribution is 6.31. The van der Waals surface area contributed by atoms with Crippen molar-refractivity contribution in [3.8, 4) is 5.75 Å². The van der Waals surface area contributed by atoms with E-state index in [9.17, 15) is 9.90 Å². The topological polar surface area (TPSA) is 55.8 Å². The van der Waals surface area contributed by atoms with Crippen LogP contribution in [0.5, 0.6) is 5.75 Å². The minimum atomic E-state index is -1.40. The number of aliphatic hydroxyl groups excluding tert-OH is 1. The first-order valence-corrected chi connectivity index (χ1v) is 11.4. The summed E-state index contributed by atoms with van der Waals surface area (Å²) in [6, 6.07) is 14.2. The number of benzene rings is 2. The molecule has 0 saturated heterocycles. The Kier molecular flexibility index (Phi) is 11.2. The molecule has 2 aromatic rings. The van der Waals surface area contributed by atoms with Crippen molar-refractivity contribution in [3.05, 3.63) is 76.8 Å². The van der Waals surface area contributed by atoms with E-state index in [4.69, 9.17) is 21.1 Å². The predicted molar refractivity (Wildman–Crippen MR) is 125 cm³/mol. The number of hydrogen-bond donors (Lipinski definition) is 1. The van der Waals surface area contributed by atoms with Crippen LogP contribution in [-0.4, -0.2) is 17.7 Å². The number of carbonyl (C=O) groups excluding carboxylic acids is 1. The van der Waals surface area contributed by atoms with Crippen LogP contribution < -0.4 is 4.74 Å². The fourth-order valence-electron chi connectivity index (χ4n) is 3.17. The Morgan fingerprint density at radius 2 is 1.84 bits per heavy atom. The molecule has 2 atom stereocenters. The summed E-state index contributed by atoms with van der Waals surface area (Å²) in [7, 11) is 0. The van der Waals surface area contributed by atoms with Gasteiger partial charge in [0.1, 0.15) is 12.4 Å². The third-order valence-corrected chi connectivity index (χ3v) is 5.40. The zero-order chi connectivity index (χ0) is 22.5. The quantitative estimate of drug-likeness (QED) is 0.277. The number of aliphatic hydroxyl groups is 1. The minimum absolute atomic E-state index is 0.0710. The number of hydrogen-bond acceptors (Lipinski definition) is 4. The van der Waals surface area contributed by atoms with Gasteiger partial charge in [-0.05, 0) is 48.9 Å². The van der Waals surface area contributed by atoms with Crippen molar-refractivity contribution in [3.63, 3.8) is 0 Å². The summed E-state index contributed by atoms with van der Waals surface area (Å²) in [5.74, 6) is 0.578. The molecule has 0 amide bonds. The first-order valence-electron chi connectivity index (χ1n) is 11.0. The summed E-state index contributed by atoms with van der Waals surface area (Å²) in [6.45, 7) is 5.11. The fourth-order valence-corrected chi connectivity index (χ4v) is 3.41. The highest BCUT2D eigenvalue weighted by Gasteiger charge is 2.21. The third kappa shape index (κ3) is 8.76. The second-order valence-electron chi connectivity index (χ2n) is 7.61. The van der Waals surface area contributed by atoms with Gasteiger partial charge in [0.25, 0.3) is 0 Å². The molecular formula is C26H33ClO4. The van der Waals surface area contributed by atoms with Crippen LogP contribution >= 0.6 is 11.6 Å². The van der Waals surface area contributed by atoms with E-state index in [1.165, 1.54) is 12.8 Å². The second-order valence-corrected chi connectivity index (χ2v) is 8.02. The fraction of sp³-hybridized carbons (Fsp3) is 0.423. The van der Waals surface area contributed by atoms with Gasteiger partial charge in [-0.1, -0.05) is 80.8 Å². The molecule has 0 radical (unpaired) electrons. The molecule has 1 N–H and O–H groups in total. The molecule has 168 valence electrons. The Bertz CT molecular complexity index is 816. The third-order valence-electron chi connectivity index (χ3n) is 5.05. The van der Waals surface area contributed by atoms with E-state index in [-0.39, 0.29) is 6.61 Å². The second kappa shape index (κ2) is 13.9. The van der Waals surface area contributed by atoms with Crippen molar-refractivity contribution < 1.29 is 19.4 Å². The number of allylic oxidation sites excluding steroid dienone is 2. The van der Waals surface area contributed by atoms with Crippen LogP contribution in [0.1, 0.15) is 63.2 Å². The molecule has 2 aromatic carbocycles. The maximum atomic E-state index is 12.1. The number of rotatable bonds is 13. The Labute approximate surface area is 190 Å². The van der Waals surface area contributed by atoms with Crippen molar-refractivity contribution in [2.24, 2.45) is 5.92 Å². The van der Waals surface area contributed by atoms with Gasteiger partial charge in [0.2, 0.25) is 0 Å². The van der Waals surface area contributed by atoms with Gasteiger partial charge >= 0.3 is 5.97 Å². The van der Waals surface area contributed by atoms with E-state index in [2.05, 4.69) is 26.0 Å². The standard InChI is InChI=1S/C26H33ClO4/c1-3-5-7-11-20(10-6-4-2)18-30-22-16-14-21(15-17-22)19-31-26(29)25(28)23-12-8-9-13-24(23)27/h5,7-9,12-17,20,25,28H,3-4,6,10-11,18-19H2,1-2H3/b7-5-. The van der Waals surface area contributed by atoms with Gasteiger partial charge in [0.05, 0.1) is 6.61 Å². The van der Waals surface area contributed by atoms with Gasteiger partial charge in [0, 0.05) is 10.6 Å². The molecule has 4 nitrogen and oxygen atoms in total. The lowest BCUT2D eigenvalue weighted by Gasteiger charge is -2.16. The van der Waals surface area contributed by atoms with Crippen LogP contribution in [0.3, 0.4) is 0 Å².